The van der Waals surface area contributed by atoms with E-state index in [9.17, 15) is 22.8 Å². The Hall–Kier alpha value is -3.74. The van der Waals surface area contributed by atoms with Gasteiger partial charge in [0.05, 0.1) is 35.0 Å². The third-order valence-electron chi connectivity index (χ3n) is 5.59. The fourth-order valence-electron chi connectivity index (χ4n) is 3.68. The lowest BCUT2D eigenvalue weighted by molar-refractivity contribution is -0.174. The van der Waals surface area contributed by atoms with Gasteiger partial charge in [0.2, 0.25) is 5.91 Å². The van der Waals surface area contributed by atoms with Crippen LogP contribution in [0.4, 0.5) is 17.6 Å². The molecule has 2 aromatic rings. The summed E-state index contributed by atoms with van der Waals surface area (Å²) in [6.45, 7) is 4.96. The van der Waals surface area contributed by atoms with Crippen LogP contribution in [0.2, 0.25) is 5.02 Å². The van der Waals surface area contributed by atoms with Gasteiger partial charge in [0.15, 0.2) is 0 Å². The van der Waals surface area contributed by atoms with Crippen LogP contribution in [0.15, 0.2) is 34.4 Å². The molecule has 190 valence electrons. The molecular weight excluding hydrogens is 506 g/mol. The molecule has 0 spiro atoms. The Kier molecular flexibility index (Phi) is 6.85. The van der Waals surface area contributed by atoms with Crippen LogP contribution >= 0.6 is 11.6 Å². The summed E-state index contributed by atoms with van der Waals surface area (Å²) < 4.78 is 53.6. The zero-order valence-electron chi connectivity index (χ0n) is 18.8. The highest BCUT2D eigenvalue weighted by molar-refractivity contribution is 6.34. The van der Waals surface area contributed by atoms with E-state index >= 15 is 4.39 Å². The highest BCUT2D eigenvalue weighted by Crippen LogP contribution is 2.40. The summed E-state index contributed by atoms with van der Waals surface area (Å²) in [7, 11) is 0. The van der Waals surface area contributed by atoms with E-state index in [0.29, 0.717) is 6.54 Å². The molecule has 1 unspecified atom stereocenters. The maximum absolute atomic E-state index is 15.4. The van der Waals surface area contributed by atoms with Crippen molar-refractivity contribution in [2.75, 3.05) is 6.54 Å². The first-order valence-electron chi connectivity index (χ1n) is 10.7. The minimum atomic E-state index is -5.14. The van der Waals surface area contributed by atoms with Crippen molar-refractivity contribution >= 4 is 52.9 Å². The van der Waals surface area contributed by atoms with Gasteiger partial charge in [0, 0.05) is 41.0 Å². The Bertz CT molecular complexity index is 1330. The van der Waals surface area contributed by atoms with Crippen LogP contribution in [-0.4, -0.2) is 52.6 Å². The number of carbonyl (C=O) groups excluding carboxylic acids is 2. The van der Waals surface area contributed by atoms with Gasteiger partial charge in [-0.2, -0.15) is 18.3 Å². The topological polar surface area (TPSA) is 115 Å². The number of nitrogens with one attached hydrogen (secondary N) is 3. The van der Waals surface area contributed by atoms with Crippen LogP contribution in [0.1, 0.15) is 36.9 Å². The number of rotatable bonds is 7. The van der Waals surface area contributed by atoms with Crippen molar-refractivity contribution in [2.24, 2.45) is 15.9 Å². The van der Waals surface area contributed by atoms with E-state index in [1.54, 1.807) is 10.2 Å². The molecular formula is C22H20ClF4N7O2. The average molecular weight is 526 g/mol. The number of hydrogen-bond acceptors (Lipinski definition) is 6. The number of fused-ring (bicyclic) bond motifs is 1. The number of benzene rings is 1. The molecule has 2 amide bonds. The third kappa shape index (κ3) is 5.10. The zero-order valence-corrected chi connectivity index (χ0v) is 19.5. The molecule has 1 aliphatic carbocycles. The number of amides is 2. The van der Waals surface area contributed by atoms with Gasteiger partial charge in [-0.15, -0.1) is 0 Å². The van der Waals surface area contributed by atoms with Crippen molar-refractivity contribution in [3.05, 3.63) is 46.4 Å². The highest BCUT2D eigenvalue weighted by Gasteiger charge is 2.40. The molecule has 1 fully saturated rings. The molecule has 2 heterocycles. The number of hydrogen-bond donors (Lipinski definition) is 3. The first-order chi connectivity index (χ1) is 17.0. The molecule has 0 radical (unpaired) electrons. The van der Waals surface area contributed by atoms with Crippen molar-refractivity contribution in [3.63, 3.8) is 0 Å². The quantitative estimate of drug-likeness (QED) is 0.377. The first kappa shape index (κ1) is 25.4. The normalized spacial score (nSPS) is 17.1. The van der Waals surface area contributed by atoms with Crippen LogP contribution in [0.5, 0.6) is 0 Å². The average Bonchev–Trinajstić information content (AvgIpc) is 3.57. The van der Waals surface area contributed by atoms with Gasteiger partial charge < -0.3 is 15.5 Å². The number of halogens is 5. The van der Waals surface area contributed by atoms with E-state index < -0.39 is 29.0 Å². The van der Waals surface area contributed by atoms with Gasteiger partial charge >= 0.3 is 12.1 Å². The monoisotopic (exact) mass is 525 g/mol. The van der Waals surface area contributed by atoms with Gasteiger partial charge in [-0.05, 0) is 26.5 Å². The van der Waals surface area contributed by atoms with Gasteiger partial charge in [-0.3, -0.25) is 19.7 Å². The Morgan fingerprint density at radius 1 is 1.39 bits per heavy atom. The maximum atomic E-state index is 15.4. The lowest BCUT2D eigenvalue weighted by Crippen LogP contribution is -2.38. The largest absolute Gasteiger partial charge is 0.471 e. The summed E-state index contributed by atoms with van der Waals surface area (Å²) in [6.07, 6.45) is 2.41. The van der Waals surface area contributed by atoms with Crippen LogP contribution in [0.3, 0.4) is 0 Å². The van der Waals surface area contributed by atoms with Crippen LogP contribution < -0.4 is 10.6 Å². The van der Waals surface area contributed by atoms with E-state index in [2.05, 4.69) is 32.2 Å². The predicted molar refractivity (Wildman–Crippen MR) is 125 cm³/mol. The van der Waals surface area contributed by atoms with E-state index in [4.69, 9.17) is 11.6 Å². The molecule has 1 aromatic carbocycles. The second kappa shape index (κ2) is 9.72. The number of aliphatic imine (C=N–C) groups is 2. The van der Waals surface area contributed by atoms with Crippen molar-refractivity contribution in [2.45, 2.75) is 32.0 Å². The molecule has 3 N–H and O–H groups in total. The number of aromatic nitrogens is 2. The summed E-state index contributed by atoms with van der Waals surface area (Å²) in [5, 5.41) is 10.7. The second-order valence-electron chi connectivity index (χ2n) is 8.23. The second-order valence-corrected chi connectivity index (χ2v) is 8.60. The van der Waals surface area contributed by atoms with Gasteiger partial charge in [0.25, 0.3) is 0 Å². The van der Waals surface area contributed by atoms with Crippen LogP contribution in [0.25, 0.3) is 16.6 Å². The molecule has 2 aliphatic rings. The summed E-state index contributed by atoms with van der Waals surface area (Å²) in [6, 6.07) is -1.38. The SMILES string of the molecule is C=N/C(=C\N1C=C(c2c(Cl)c(F)c(C(C)NC(=O)C(F)(F)F)c3[nH]ncc23)N=CC1)NC(=O)C1CC1. The molecule has 1 saturated carbocycles. The molecule has 9 nitrogen and oxygen atoms in total. The summed E-state index contributed by atoms with van der Waals surface area (Å²) in [5.41, 5.74) is 0.131. The minimum absolute atomic E-state index is 0.0397. The summed E-state index contributed by atoms with van der Waals surface area (Å²) in [4.78, 5) is 33.2. The van der Waals surface area contributed by atoms with Crippen molar-refractivity contribution in [3.8, 4) is 0 Å². The number of aromatic amines is 1. The van der Waals surface area contributed by atoms with E-state index in [1.165, 1.54) is 31.7 Å². The van der Waals surface area contributed by atoms with Crippen LogP contribution in [-0.2, 0) is 9.59 Å². The van der Waals surface area contributed by atoms with Gasteiger partial charge in [-0.25, -0.2) is 9.38 Å². The van der Waals surface area contributed by atoms with E-state index in [-0.39, 0.29) is 45.4 Å². The molecule has 36 heavy (non-hydrogen) atoms. The number of carbonyl (C=O) groups is 2. The van der Waals surface area contributed by atoms with Gasteiger partial charge in [0.1, 0.15) is 11.6 Å². The lowest BCUT2D eigenvalue weighted by atomic mass is 9.98. The summed E-state index contributed by atoms with van der Waals surface area (Å²) in [5.74, 6) is -3.23. The van der Waals surface area contributed by atoms with Crippen LogP contribution in [0, 0.1) is 11.7 Å². The molecule has 4 rings (SSSR count). The fourth-order valence-corrected chi connectivity index (χ4v) is 3.98. The van der Waals surface area contributed by atoms with Gasteiger partial charge in [-0.1, -0.05) is 11.6 Å². The Morgan fingerprint density at radius 2 is 2.11 bits per heavy atom. The Balaban J connectivity index is 1.70. The predicted octanol–water partition coefficient (Wildman–Crippen LogP) is 3.81. The molecule has 0 saturated heterocycles. The first-order valence-corrected chi connectivity index (χ1v) is 11.1. The zero-order chi connectivity index (χ0) is 26.2. The van der Waals surface area contributed by atoms with Crippen molar-refractivity contribution < 1.29 is 27.2 Å². The van der Waals surface area contributed by atoms with E-state index in [1.807, 2.05) is 0 Å². The minimum Gasteiger partial charge on any atom is -0.343 e. The molecule has 0 bridgehead atoms. The molecule has 1 aliphatic heterocycles. The number of H-pyrrole nitrogens is 1. The molecule has 1 aromatic heterocycles. The number of alkyl halides is 3. The fraction of sp³-hybridized carbons (Fsp3) is 0.318. The maximum Gasteiger partial charge on any atom is 0.471 e. The summed E-state index contributed by atoms with van der Waals surface area (Å²) >= 11 is 6.34. The highest BCUT2D eigenvalue weighted by atomic mass is 35.5. The van der Waals surface area contributed by atoms with Crippen molar-refractivity contribution in [1.29, 1.82) is 0 Å². The lowest BCUT2D eigenvalue weighted by Gasteiger charge is -2.22. The Labute approximate surface area is 207 Å². The number of nitrogens with zero attached hydrogens (tertiary/aromatic N) is 4. The van der Waals surface area contributed by atoms with Crippen molar-refractivity contribution in [1.82, 2.24) is 25.7 Å². The molecule has 14 heteroatoms. The molecule has 1 atom stereocenters. The standard InChI is InChI=1S/C22H20ClF4N7O2/c1-10(31-21(36)22(25,26)27)15-18(24)17(23)16(12-7-30-33-19(12)15)13-8-34(6-5-29-13)9-14(28-2)32-20(35)11-3-4-11/h5,7-11H,2-4,6H2,1H3,(H,30,33)(H,31,36)(H,32,35)/b14-9+. The smallest absolute Gasteiger partial charge is 0.343 e. The Morgan fingerprint density at radius 3 is 2.75 bits per heavy atom. The van der Waals surface area contributed by atoms with E-state index in [0.717, 1.165) is 12.8 Å². The third-order valence-corrected chi connectivity index (χ3v) is 5.94.